The van der Waals surface area contributed by atoms with Crippen molar-refractivity contribution < 1.29 is 19.5 Å². The van der Waals surface area contributed by atoms with Crippen molar-refractivity contribution >= 4 is 28.5 Å². The van der Waals surface area contributed by atoms with Crippen LogP contribution in [0.4, 0.5) is 0 Å². The molecule has 0 unspecified atom stereocenters. The van der Waals surface area contributed by atoms with Gasteiger partial charge in [-0.15, -0.1) is 0 Å². The van der Waals surface area contributed by atoms with Crippen LogP contribution < -0.4 is 10.8 Å². The zero-order valence-electron chi connectivity index (χ0n) is 8.50. The third-order valence-electron chi connectivity index (χ3n) is 1.42. The molecule has 0 aromatic heterocycles. The van der Waals surface area contributed by atoms with Crippen LogP contribution in [-0.4, -0.2) is 55.1 Å². The number of alkyl halides is 1. The Labute approximate surface area is 103 Å². The zero-order valence-corrected chi connectivity index (χ0v) is 10.7. The molecule has 0 atom stereocenters. The summed E-state index contributed by atoms with van der Waals surface area (Å²) < 4.78 is 10.7. The second kappa shape index (κ2) is 12.1. The number of carbonyl (C=O) groups excluding carboxylic acids is 1. The summed E-state index contributed by atoms with van der Waals surface area (Å²) in [6, 6.07) is 0. The molecule has 0 fully saturated rings. The normalized spacial score (nSPS) is 10.3. The Morgan fingerprint density at radius 1 is 1.13 bits per heavy atom. The maximum absolute atomic E-state index is 10.8. The van der Waals surface area contributed by atoms with Crippen molar-refractivity contribution in [1.29, 1.82) is 0 Å². The standard InChI is InChI=1S/C8H17IN2O4/c9-7-8(12)10-1-3-14-5-6-15-4-2-11-13/h11,13H,1-7H2,(H,10,12). The molecular formula is C8H17IN2O4. The minimum atomic E-state index is 0.0180. The molecule has 0 heterocycles. The lowest BCUT2D eigenvalue weighted by Gasteiger charge is -2.06. The van der Waals surface area contributed by atoms with E-state index >= 15 is 0 Å². The molecule has 0 radical (unpaired) electrons. The summed E-state index contributed by atoms with van der Waals surface area (Å²) in [7, 11) is 0. The minimum Gasteiger partial charge on any atom is -0.378 e. The van der Waals surface area contributed by atoms with E-state index in [1.807, 2.05) is 28.1 Å². The maximum atomic E-state index is 10.8. The highest BCUT2D eigenvalue weighted by atomic mass is 127. The van der Waals surface area contributed by atoms with E-state index in [1.54, 1.807) is 0 Å². The second-order valence-corrected chi connectivity index (χ2v) is 3.38. The predicted molar refractivity (Wildman–Crippen MR) is 63.3 cm³/mol. The first-order valence-corrected chi connectivity index (χ1v) is 6.19. The van der Waals surface area contributed by atoms with E-state index in [2.05, 4.69) is 5.32 Å². The van der Waals surface area contributed by atoms with E-state index in [4.69, 9.17) is 14.7 Å². The summed E-state index contributed by atoms with van der Waals surface area (Å²) in [6.07, 6.45) is 0. The molecule has 0 spiro atoms. The molecule has 3 N–H and O–H groups in total. The molecule has 15 heavy (non-hydrogen) atoms. The van der Waals surface area contributed by atoms with Gasteiger partial charge in [0.2, 0.25) is 5.91 Å². The number of amides is 1. The molecule has 0 rings (SSSR count). The van der Waals surface area contributed by atoms with Crippen LogP contribution in [0.5, 0.6) is 0 Å². The van der Waals surface area contributed by atoms with Gasteiger partial charge >= 0.3 is 0 Å². The highest BCUT2D eigenvalue weighted by molar-refractivity contribution is 14.1. The number of nitrogens with one attached hydrogen (secondary N) is 2. The summed E-state index contributed by atoms with van der Waals surface area (Å²) in [4.78, 5) is 10.8. The van der Waals surface area contributed by atoms with E-state index in [9.17, 15) is 4.79 Å². The van der Waals surface area contributed by atoms with Crippen LogP contribution >= 0.6 is 22.6 Å². The van der Waals surface area contributed by atoms with Crippen LogP contribution in [0.15, 0.2) is 0 Å². The smallest absolute Gasteiger partial charge is 0.229 e. The first-order valence-electron chi connectivity index (χ1n) is 4.66. The minimum absolute atomic E-state index is 0.0180. The molecule has 0 aromatic rings. The fourth-order valence-electron chi connectivity index (χ4n) is 0.750. The monoisotopic (exact) mass is 332 g/mol. The lowest BCUT2D eigenvalue weighted by Crippen LogP contribution is -2.28. The van der Waals surface area contributed by atoms with Crippen LogP contribution in [-0.2, 0) is 14.3 Å². The van der Waals surface area contributed by atoms with Crippen molar-refractivity contribution in [3.63, 3.8) is 0 Å². The number of hydrogen-bond donors (Lipinski definition) is 3. The van der Waals surface area contributed by atoms with Crippen LogP contribution in [0.1, 0.15) is 0 Å². The Bertz CT molecular complexity index is 160. The number of carbonyl (C=O) groups is 1. The van der Waals surface area contributed by atoms with Gasteiger partial charge in [0.15, 0.2) is 0 Å². The molecule has 0 aliphatic heterocycles. The Hall–Kier alpha value is 0.0400. The molecular weight excluding hydrogens is 315 g/mol. The third-order valence-corrected chi connectivity index (χ3v) is 2.11. The number of hydroxylamine groups is 1. The first kappa shape index (κ1) is 15.0. The number of ether oxygens (including phenoxy) is 2. The highest BCUT2D eigenvalue weighted by Gasteiger charge is 1.95. The molecule has 1 amide bonds. The van der Waals surface area contributed by atoms with E-state index in [0.29, 0.717) is 43.9 Å². The molecule has 0 saturated carbocycles. The topological polar surface area (TPSA) is 79.8 Å². The average Bonchev–Trinajstić information content (AvgIpc) is 2.26. The van der Waals surface area contributed by atoms with Gasteiger partial charge in [-0.25, -0.2) is 5.48 Å². The van der Waals surface area contributed by atoms with Gasteiger partial charge < -0.3 is 20.0 Å². The molecule has 0 aliphatic rings. The van der Waals surface area contributed by atoms with Crippen molar-refractivity contribution in [3.8, 4) is 0 Å². The molecule has 0 bridgehead atoms. The lowest BCUT2D eigenvalue weighted by molar-refractivity contribution is -0.118. The average molecular weight is 332 g/mol. The van der Waals surface area contributed by atoms with Gasteiger partial charge in [-0.1, -0.05) is 22.6 Å². The number of halogens is 1. The summed E-state index contributed by atoms with van der Waals surface area (Å²) in [5.41, 5.74) is 1.98. The van der Waals surface area contributed by atoms with Crippen molar-refractivity contribution in [2.75, 3.05) is 43.9 Å². The Morgan fingerprint density at radius 3 is 2.27 bits per heavy atom. The summed E-state index contributed by atoms with van der Waals surface area (Å²) in [5.74, 6) is 0.0180. The maximum Gasteiger partial charge on any atom is 0.229 e. The van der Waals surface area contributed by atoms with Gasteiger partial charge in [-0.05, 0) is 0 Å². The van der Waals surface area contributed by atoms with Crippen molar-refractivity contribution in [2.45, 2.75) is 0 Å². The largest absolute Gasteiger partial charge is 0.378 e. The van der Waals surface area contributed by atoms with E-state index in [-0.39, 0.29) is 5.91 Å². The lowest BCUT2D eigenvalue weighted by atomic mass is 10.6. The molecule has 0 aromatic carbocycles. The number of hydrogen-bond acceptors (Lipinski definition) is 5. The highest BCUT2D eigenvalue weighted by Crippen LogP contribution is 1.80. The van der Waals surface area contributed by atoms with Crippen molar-refractivity contribution in [1.82, 2.24) is 10.8 Å². The van der Waals surface area contributed by atoms with Crippen LogP contribution in [0.25, 0.3) is 0 Å². The van der Waals surface area contributed by atoms with Crippen molar-refractivity contribution in [2.24, 2.45) is 0 Å². The fraction of sp³-hybridized carbons (Fsp3) is 0.875. The van der Waals surface area contributed by atoms with E-state index < -0.39 is 0 Å². The third kappa shape index (κ3) is 12.0. The van der Waals surface area contributed by atoms with Gasteiger partial charge in [0.25, 0.3) is 0 Å². The molecule has 0 saturated heterocycles. The van der Waals surface area contributed by atoms with Crippen LogP contribution in [0, 0.1) is 0 Å². The summed E-state index contributed by atoms with van der Waals surface area (Å²) in [5, 5.41) is 10.9. The van der Waals surface area contributed by atoms with Gasteiger partial charge in [-0.2, -0.15) is 0 Å². The first-order chi connectivity index (χ1) is 7.31. The van der Waals surface area contributed by atoms with Gasteiger partial charge in [0.1, 0.15) is 0 Å². The molecule has 6 nitrogen and oxygen atoms in total. The number of rotatable bonds is 10. The van der Waals surface area contributed by atoms with Gasteiger partial charge in [-0.3, -0.25) is 4.79 Å². The molecule has 7 heteroatoms. The SMILES string of the molecule is O=C(CI)NCCOCCOCCNO. The van der Waals surface area contributed by atoms with Crippen molar-refractivity contribution in [3.05, 3.63) is 0 Å². The zero-order chi connectivity index (χ0) is 11.4. The van der Waals surface area contributed by atoms with Gasteiger partial charge in [0, 0.05) is 13.1 Å². The van der Waals surface area contributed by atoms with Gasteiger partial charge in [0.05, 0.1) is 30.9 Å². The quantitative estimate of drug-likeness (QED) is 0.219. The fourth-order valence-corrected chi connectivity index (χ4v) is 1.02. The molecule has 0 aliphatic carbocycles. The van der Waals surface area contributed by atoms with Crippen LogP contribution in [0.3, 0.4) is 0 Å². The molecule has 90 valence electrons. The second-order valence-electron chi connectivity index (χ2n) is 2.62. The van der Waals surface area contributed by atoms with E-state index in [0.717, 1.165) is 0 Å². The van der Waals surface area contributed by atoms with E-state index in [1.165, 1.54) is 0 Å². The Balaban J connectivity index is 2.95. The van der Waals surface area contributed by atoms with Crippen LogP contribution in [0.2, 0.25) is 0 Å². The Kier molecular flexibility index (Phi) is 12.1. The predicted octanol–water partition coefficient (Wildman–Crippen LogP) is -0.450. The Morgan fingerprint density at radius 2 is 1.73 bits per heavy atom. The summed E-state index contributed by atoms with van der Waals surface area (Å²) >= 11 is 2.00. The summed E-state index contributed by atoms with van der Waals surface area (Å²) in [6.45, 7) is 2.86.